The van der Waals surface area contributed by atoms with Crippen molar-refractivity contribution < 1.29 is 4.74 Å². The molecule has 0 aliphatic rings. The Morgan fingerprint density at radius 1 is 0.839 bits per heavy atom. The zero-order chi connectivity index (χ0) is 21.0. The Morgan fingerprint density at radius 2 is 1.55 bits per heavy atom. The second-order valence-corrected chi connectivity index (χ2v) is 8.22. The van der Waals surface area contributed by atoms with Gasteiger partial charge in [-0.25, -0.2) is 0 Å². The van der Waals surface area contributed by atoms with Gasteiger partial charge in [0.15, 0.2) is 5.82 Å². The fraction of sp³-hybridized carbons (Fsp3) is 0.0800. The number of ether oxygens (including phenoxy) is 1. The largest absolute Gasteiger partial charge is 0.457 e. The molecule has 6 heteroatoms. The first-order chi connectivity index (χ1) is 15.2. The molecule has 152 valence electrons. The first-order valence-electron chi connectivity index (χ1n) is 10.0. The zero-order valence-corrected chi connectivity index (χ0v) is 17.8. The van der Waals surface area contributed by atoms with Gasteiger partial charge in [-0.15, -0.1) is 10.2 Å². The number of aromatic nitrogens is 4. The zero-order valence-electron chi connectivity index (χ0n) is 17.0. The van der Waals surface area contributed by atoms with Gasteiger partial charge in [0.05, 0.1) is 0 Å². The Hall–Kier alpha value is -3.77. The van der Waals surface area contributed by atoms with Crippen molar-refractivity contribution in [3.05, 3.63) is 106 Å². The molecular formula is C25H20N4OS. The van der Waals surface area contributed by atoms with E-state index in [2.05, 4.69) is 34.4 Å². The molecule has 0 fully saturated rings. The van der Waals surface area contributed by atoms with Gasteiger partial charge >= 0.3 is 0 Å². The molecule has 0 spiro atoms. The summed E-state index contributed by atoms with van der Waals surface area (Å²) in [5.74, 6) is 2.49. The summed E-state index contributed by atoms with van der Waals surface area (Å²) in [6.07, 6.45) is 4.75. The first-order valence-corrected chi connectivity index (χ1v) is 10.8. The predicted molar refractivity (Wildman–Crippen MR) is 125 cm³/mol. The van der Waals surface area contributed by atoms with Crippen molar-refractivity contribution >= 4 is 28.4 Å². The van der Waals surface area contributed by atoms with E-state index in [0.29, 0.717) is 6.42 Å². The molecule has 0 amide bonds. The number of aryl methyl sites for hydroxylation is 1. The molecule has 0 radical (unpaired) electrons. The monoisotopic (exact) mass is 424 g/mol. The number of hydrogen-bond donors (Lipinski definition) is 0. The third-order valence-electron chi connectivity index (χ3n) is 4.83. The van der Waals surface area contributed by atoms with Crippen molar-refractivity contribution in [2.45, 2.75) is 13.3 Å². The van der Waals surface area contributed by atoms with Crippen LogP contribution in [0.4, 0.5) is 0 Å². The topological polar surface area (TPSA) is 52.3 Å². The third kappa shape index (κ3) is 4.54. The smallest absolute Gasteiger partial charge is 0.234 e. The molecule has 3 aromatic carbocycles. The lowest BCUT2D eigenvalue weighted by Gasteiger charge is -2.06. The summed E-state index contributed by atoms with van der Waals surface area (Å²) in [6, 6.07) is 26.3. The van der Waals surface area contributed by atoms with Gasteiger partial charge < -0.3 is 4.74 Å². The lowest BCUT2D eigenvalue weighted by Crippen LogP contribution is -1.97. The molecule has 0 bridgehead atoms. The highest BCUT2D eigenvalue weighted by Crippen LogP contribution is 2.23. The van der Waals surface area contributed by atoms with E-state index >= 15 is 0 Å². The van der Waals surface area contributed by atoms with Crippen molar-refractivity contribution in [3.8, 4) is 11.5 Å². The van der Waals surface area contributed by atoms with Gasteiger partial charge in [-0.2, -0.15) is 9.61 Å². The molecule has 5 aromatic rings. The number of rotatable bonds is 6. The highest BCUT2D eigenvalue weighted by molar-refractivity contribution is 7.17. The van der Waals surface area contributed by atoms with Gasteiger partial charge in [-0.1, -0.05) is 77.6 Å². The summed E-state index contributed by atoms with van der Waals surface area (Å²) in [4.78, 5) is 0.799. The van der Waals surface area contributed by atoms with Gasteiger partial charge in [0, 0.05) is 6.42 Å². The van der Waals surface area contributed by atoms with E-state index in [4.69, 9.17) is 4.74 Å². The van der Waals surface area contributed by atoms with Crippen LogP contribution in [0.25, 0.3) is 17.1 Å². The third-order valence-corrected chi connectivity index (χ3v) is 5.70. The molecular weight excluding hydrogens is 404 g/mol. The van der Waals surface area contributed by atoms with Gasteiger partial charge in [0.1, 0.15) is 16.5 Å². The maximum absolute atomic E-state index is 5.89. The summed E-state index contributed by atoms with van der Waals surface area (Å²) >= 11 is 1.52. The molecule has 0 atom stereocenters. The van der Waals surface area contributed by atoms with Crippen molar-refractivity contribution in [2.75, 3.05) is 0 Å². The first kappa shape index (κ1) is 19.2. The van der Waals surface area contributed by atoms with E-state index in [1.165, 1.54) is 22.5 Å². The van der Waals surface area contributed by atoms with Crippen LogP contribution in [0, 0.1) is 6.92 Å². The fourth-order valence-corrected chi connectivity index (χ4v) is 3.95. The quantitative estimate of drug-likeness (QED) is 0.333. The summed E-state index contributed by atoms with van der Waals surface area (Å²) in [7, 11) is 0. The van der Waals surface area contributed by atoms with Crippen LogP contribution in [0.5, 0.6) is 11.5 Å². The SMILES string of the molecule is Cc1ccc(Oc2ccc(/C=C/c3nn4c(Cc5ccccc5)nnc4s3)cc2)cc1. The number of nitrogens with zero attached hydrogens (tertiary/aromatic N) is 4. The molecule has 31 heavy (non-hydrogen) atoms. The van der Waals surface area contributed by atoms with Crippen LogP contribution in [0.1, 0.15) is 27.5 Å². The van der Waals surface area contributed by atoms with E-state index in [9.17, 15) is 0 Å². The number of hydrogen-bond acceptors (Lipinski definition) is 5. The second-order valence-electron chi connectivity index (χ2n) is 7.23. The standard InChI is InChI=1S/C25H20N4OS/c1-18-7-12-21(13-8-18)30-22-14-9-19(10-15-22)11-16-24-28-29-23(26-27-25(29)31-24)17-20-5-3-2-4-6-20/h2-16H,17H2,1H3/b16-11+. The maximum atomic E-state index is 5.89. The normalized spacial score (nSPS) is 11.4. The Kier molecular flexibility index (Phi) is 5.29. The Bertz CT molecular complexity index is 1320. The van der Waals surface area contributed by atoms with Crippen molar-refractivity contribution in [2.24, 2.45) is 0 Å². The van der Waals surface area contributed by atoms with E-state index in [1.54, 1.807) is 0 Å². The molecule has 2 aromatic heterocycles. The molecule has 0 aliphatic carbocycles. The Labute approximate surface area is 184 Å². The summed E-state index contributed by atoms with van der Waals surface area (Å²) < 4.78 is 7.72. The molecule has 5 nitrogen and oxygen atoms in total. The van der Waals surface area contributed by atoms with Crippen LogP contribution in [-0.2, 0) is 6.42 Å². The van der Waals surface area contributed by atoms with E-state index < -0.39 is 0 Å². The van der Waals surface area contributed by atoms with Gasteiger partial charge in [-0.05, 0) is 48.4 Å². The maximum Gasteiger partial charge on any atom is 0.234 e. The highest BCUT2D eigenvalue weighted by atomic mass is 32.1. The lowest BCUT2D eigenvalue weighted by molar-refractivity contribution is 0.482. The van der Waals surface area contributed by atoms with Crippen LogP contribution < -0.4 is 4.74 Å². The molecule has 0 unspecified atom stereocenters. The average Bonchev–Trinajstić information content (AvgIpc) is 3.37. The van der Waals surface area contributed by atoms with E-state index in [1.807, 2.05) is 83.4 Å². The molecule has 2 heterocycles. The summed E-state index contributed by atoms with van der Waals surface area (Å²) in [6.45, 7) is 2.06. The predicted octanol–water partition coefficient (Wildman–Crippen LogP) is 6.05. The molecule has 0 aliphatic heterocycles. The van der Waals surface area contributed by atoms with Crippen molar-refractivity contribution in [1.82, 2.24) is 19.8 Å². The number of benzene rings is 3. The van der Waals surface area contributed by atoms with E-state index in [-0.39, 0.29) is 0 Å². The van der Waals surface area contributed by atoms with Crippen molar-refractivity contribution in [1.29, 1.82) is 0 Å². The fourth-order valence-electron chi connectivity index (χ4n) is 3.19. The summed E-state index contributed by atoms with van der Waals surface area (Å²) in [5.41, 5.74) is 3.48. The lowest BCUT2D eigenvalue weighted by atomic mass is 10.1. The Morgan fingerprint density at radius 3 is 2.29 bits per heavy atom. The minimum Gasteiger partial charge on any atom is -0.457 e. The highest BCUT2D eigenvalue weighted by Gasteiger charge is 2.11. The minimum absolute atomic E-state index is 0.706. The second kappa shape index (κ2) is 8.53. The molecule has 0 N–H and O–H groups in total. The van der Waals surface area contributed by atoms with Crippen LogP contribution in [0.3, 0.4) is 0 Å². The van der Waals surface area contributed by atoms with E-state index in [0.717, 1.165) is 32.9 Å². The molecule has 0 saturated carbocycles. The van der Waals surface area contributed by atoms with Crippen molar-refractivity contribution in [3.63, 3.8) is 0 Å². The summed E-state index contributed by atoms with van der Waals surface area (Å²) in [5, 5.41) is 14.1. The van der Waals surface area contributed by atoms with Crippen LogP contribution in [-0.4, -0.2) is 19.8 Å². The molecule has 0 saturated heterocycles. The molecule has 5 rings (SSSR count). The van der Waals surface area contributed by atoms with Crippen LogP contribution in [0.15, 0.2) is 78.9 Å². The van der Waals surface area contributed by atoms with Crippen LogP contribution in [0.2, 0.25) is 0 Å². The number of fused-ring (bicyclic) bond motifs is 1. The van der Waals surface area contributed by atoms with Gasteiger partial charge in [0.2, 0.25) is 4.96 Å². The van der Waals surface area contributed by atoms with Gasteiger partial charge in [-0.3, -0.25) is 0 Å². The Balaban J connectivity index is 1.28. The van der Waals surface area contributed by atoms with Gasteiger partial charge in [0.25, 0.3) is 0 Å². The minimum atomic E-state index is 0.706. The average molecular weight is 425 g/mol. The van der Waals surface area contributed by atoms with Crippen LogP contribution >= 0.6 is 11.3 Å².